The van der Waals surface area contributed by atoms with E-state index < -0.39 is 0 Å². The summed E-state index contributed by atoms with van der Waals surface area (Å²) in [5.74, 6) is 2.38. The van der Waals surface area contributed by atoms with Crippen LogP contribution in [0.4, 0.5) is 0 Å². The monoisotopic (exact) mass is 510 g/mol. The second kappa shape index (κ2) is 12.5. The van der Waals surface area contributed by atoms with Gasteiger partial charge in [-0.3, -0.25) is 4.99 Å². The van der Waals surface area contributed by atoms with Crippen molar-refractivity contribution in [1.29, 1.82) is 0 Å². The second-order valence-corrected chi connectivity index (χ2v) is 6.98. The first-order valence-electron chi connectivity index (χ1n) is 9.96. The van der Waals surface area contributed by atoms with Crippen molar-refractivity contribution in [3.63, 3.8) is 0 Å². The minimum atomic E-state index is 0. The standard InChI is InChI=1S/C22H30N4O2.HI/c1-23-22(25-14-11-17-7-9-19(27-2)10-8-17)26-16-18-12-13-24-21(15-18)28-20-5-3-4-6-20;/h7-10,12-13,15,20H,3-6,11,14,16H2,1-2H3,(H2,23,25,26);1H. The third-order valence-electron chi connectivity index (χ3n) is 4.94. The van der Waals surface area contributed by atoms with Crippen molar-refractivity contribution >= 4 is 29.9 Å². The molecule has 1 aliphatic carbocycles. The Morgan fingerprint density at radius 1 is 1.10 bits per heavy atom. The molecule has 0 aliphatic heterocycles. The molecule has 7 heteroatoms. The number of nitrogens with zero attached hydrogens (tertiary/aromatic N) is 2. The molecular formula is C22H31IN4O2. The van der Waals surface area contributed by atoms with E-state index in [1.807, 2.05) is 24.3 Å². The molecule has 0 bridgehead atoms. The minimum Gasteiger partial charge on any atom is -0.497 e. The summed E-state index contributed by atoms with van der Waals surface area (Å²) in [6, 6.07) is 12.1. The summed E-state index contributed by atoms with van der Waals surface area (Å²) in [6.07, 6.45) is 7.82. The van der Waals surface area contributed by atoms with Crippen LogP contribution in [0.25, 0.3) is 0 Å². The Bertz CT molecular complexity index is 762. The number of aromatic nitrogens is 1. The van der Waals surface area contributed by atoms with Crippen molar-refractivity contribution in [3.05, 3.63) is 53.7 Å². The van der Waals surface area contributed by atoms with Gasteiger partial charge in [0.2, 0.25) is 5.88 Å². The van der Waals surface area contributed by atoms with Gasteiger partial charge in [-0.05, 0) is 61.4 Å². The Morgan fingerprint density at radius 2 is 1.86 bits per heavy atom. The number of rotatable bonds is 8. The van der Waals surface area contributed by atoms with E-state index >= 15 is 0 Å². The maximum atomic E-state index is 5.99. The lowest BCUT2D eigenvalue weighted by atomic mass is 10.1. The van der Waals surface area contributed by atoms with E-state index in [4.69, 9.17) is 9.47 Å². The Labute approximate surface area is 190 Å². The molecule has 0 radical (unpaired) electrons. The largest absolute Gasteiger partial charge is 0.497 e. The van der Waals surface area contributed by atoms with Gasteiger partial charge >= 0.3 is 0 Å². The van der Waals surface area contributed by atoms with Gasteiger partial charge in [0.05, 0.1) is 7.11 Å². The van der Waals surface area contributed by atoms with Crippen molar-refractivity contribution in [3.8, 4) is 11.6 Å². The molecule has 3 rings (SSSR count). The van der Waals surface area contributed by atoms with Crippen LogP contribution in [-0.4, -0.2) is 37.7 Å². The first kappa shape index (κ1) is 23.3. The molecule has 2 N–H and O–H groups in total. The molecule has 0 atom stereocenters. The van der Waals surface area contributed by atoms with Gasteiger partial charge in [-0.15, -0.1) is 24.0 Å². The van der Waals surface area contributed by atoms with Crippen LogP contribution in [0.5, 0.6) is 11.6 Å². The summed E-state index contributed by atoms with van der Waals surface area (Å²) < 4.78 is 11.2. The topological polar surface area (TPSA) is 67.8 Å². The van der Waals surface area contributed by atoms with E-state index in [1.165, 1.54) is 18.4 Å². The van der Waals surface area contributed by atoms with Gasteiger partial charge in [0, 0.05) is 32.4 Å². The van der Waals surface area contributed by atoms with Crippen LogP contribution in [0.3, 0.4) is 0 Å². The van der Waals surface area contributed by atoms with E-state index in [0.29, 0.717) is 18.5 Å². The summed E-state index contributed by atoms with van der Waals surface area (Å²) >= 11 is 0. The van der Waals surface area contributed by atoms with Crippen LogP contribution in [0.1, 0.15) is 36.8 Å². The summed E-state index contributed by atoms with van der Waals surface area (Å²) in [4.78, 5) is 8.64. The maximum absolute atomic E-state index is 5.99. The van der Waals surface area contributed by atoms with Crippen LogP contribution in [-0.2, 0) is 13.0 Å². The normalized spacial score (nSPS) is 14.2. The van der Waals surface area contributed by atoms with Gasteiger partial charge < -0.3 is 20.1 Å². The molecule has 2 aromatic rings. The SMILES string of the molecule is CN=C(NCCc1ccc(OC)cc1)NCc1ccnc(OC2CCCC2)c1.I. The van der Waals surface area contributed by atoms with E-state index in [0.717, 1.165) is 43.1 Å². The van der Waals surface area contributed by atoms with E-state index in [9.17, 15) is 0 Å². The average Bonchev–Trinajstić information content (AvgIpc) is 3.24. The predicted octanol–water partition coefficient (Wildman–Crippen LogP) is 3.94. The quantitative estimate of drug-likeness (QED) is 0.320. The zero-order valence-corrected chi connectivity index (χ0v) is 19.5. The molecule has 1 fully saturated rings. The molecule has 1 heterocycles. The van der Waals surface area contributed by atoms with Gasteiger partial charge in [0.1, 0.15) is 11.9 Å². The van der Waals surface area contributed by atoms with E-state index in [-0.39, 0.29) is 24.0 Å². The van der Waals surface area contributed by atoms with Gasteiger partial charge in [0.25, 0.3) is 0 Å². The Balaban J connectivity index is 0.00000300. The van der Waals surface area contributed by atoms with Crippen LogP contribution in [0.2, 0.25) is 0 Å². The van der Waals surface area contributed by atoms with Crippen molar-refractivity contribution in [1.82, 2.24) is 15.6 Å². The molecule has 0 saturated heterocycles. The lowest BCUT2D eigenvalue weighted by Crippen LogP contribution is -2.37. The third-order valence-corrected chi connectivity index (χ3v) is 4.94. The van der Waals surface area contributed by atoms with Crippen LogP contribution in [0, 0.1) is 0 Å². The third kappa shape index (κ3) is 7.72. The average molecular weight is 510 g/mol. The molecule has 0 unspecified atom stereocenters. The molecule has 1 aliphatic rings. The molecule has 29 heavy (non-hydrogen) atoms. The number of nitrogens with one attached hydrogen (secondary N) is 2. The summed E-state index contributed by atoms with van der Waals surface area (Å²) in [6.45, 7) is 1.48. The number of pyridine rings is 1. The fraction of sp³-hybridized carbons (Fsp3) is 0.455. The highest BCUT2D eigenvalue weighted by atomic mass is 127. The van der Waals surface area contributed by atoms with Crippen molar-refractivity contribution in [2.75, 3.05) is 20.7 Å². The highest BCUT2D eigenvalue weighted by Crippen LogP contribution is 2.23. The van der Waals surface area contributed by atoms with E-state index in [2.05, 4.69) is 32.7 Å². The van der Waals surface area contributed by atoms with E-state index in [1.54, 1.807) is 20.4 Å². The molecule has 1 aromatic heterocycles. The number of ether oxygens (including phenoxy) is 2. The second-order valence-electron chi connectivity index (χ2n) is 6.98. The van der Waals surface area contributed by atoms with Gasteiger partial charge in [-0.2, -0.15) is 0 Å². The zero-order valence-electron chi connectivity index (χ0n) is 17.2. The molecule has 1 aromatic carbocycles. The van der Waals surface area contributed by atoms with Crippen molar-refractivity contribution < 1.29 is 9.47 Å². The molecule has 1 saturated carbocycles. The fourth-order valence-corrected chi connectivity index (χ4v) is 3.33. The highest BCUT2D eigenvalue weighted by Gasteiger charge is 2.17. The summed E-state index contributed by atoms with van der Waals surface area (Å²) in [7, 11) is 3.46. The molecular weight excluding hydrogens is 479 g/mol. The van der Waals surface area contributed by atoms with Crippen LogP contribution in [0.15, 0.2) is 47.6 Å². The van der Waals surface area contributed by atoms with Crippen molar-refractivity contribution in [2.24, 2.45) is 4.99 Å². The van der Waals surface area contributed by atoms with Gasteiger partial charge in [-0.25, -0.2) is 4.98 Å². The van der Waals surface area contributed by atoms with Crippen LogP contribution < -0.4 is 20.1 Å². The molecule has 158 valence electrons. The highest BCUT2D eigenvalue weighted by molar-refractivity contribution is 14.0. The maximum Gasteiger partial charge on any atom is 0.213 e. The number of hydrogen-bond donors (Lipinski definition) is 2. The van der Waals surface area contributed by atoms with Gasteiger partial charge in [0.15, 0.2) is 5.96 Å². The number of hydrogen-bond acceptors (Lipinski definition) is 4. The Hall–Kier alpha value is -2.03. The first-order valence-corrected chi connectivity index (χ1v) is 9.96. The lowest BCUT2D eigenvalue weighted by molar-refractivity contribution is 0.201. The molecule has 6 nitrogen and oxygen atoms in total. The minimum absolute atomic E-state index is 0. The number of halogens is 1. The zero-order chi connectivity index (χ0) is 19.6. The van der Waals surface area contributed by atoms with Crippen LogP contribution >= 0.6 is 24.0 Å². The fourth-order valence-electron chi connectivity index (χ4n) is 3.33. The number of guanidine groups is 1. The number of benzene rings is 1. The Morgan fingerprint density at radius 3 is 2.55 bits per heavy atom. The first-order chi connectivity index (χ1) is 13.8. The molecule has 0 spiro atoms. The smallest absolute Gasteiger partial charge is 0.213 e. The predicted molar refractivity (Wildman–Crippen MR) is 127 cm³/mol. The van der Waals surface area contributed by atoms with Gasteiger partial charge in [-0.1, -0.05) is 12.1 Å². The number of aliphatic imine (C=N–C) groups is 1. The summed E-state index contributed by atoms with van der Waals surface area (Å²) in [5.41, 5.74) is 2.38. The lowest BCUT2D eigenvalue weighted by Gasteiger charge is -2.14. The molecule has 0 amide bonds. The van der Waals surface area contributed by atoms with Crippen molar-refractivity contribution in [2.45, 2.75) is 44.8 Å². The Kier molecular flexibility index (Phi) is 10.0. The number of methoxy groups -OCH3 is 1. The summed E-state index contributed by atoms with van der Waals surface area (Å²) in [5, 5.41) is 6.70.